The van der Waals surface area contributed by atoms with E-state index in [4.69, 9.17) is 4.74 Å². The Labute approximate surface area is 124 Å². The highest BCUT2D eigenvalue weighted by Gasteiger charge is 2.12. The maximum absolute atomic E-state index is 5.72. The highest BCUT2D eigenvalue weighted by Crippen LogP contribution is 2.16. The minimum Gasteiger partial charge on any atom is -0.379 e. The summed E-state index contributed by atoms with van der Waals surface area (Å²) in [6.45, 7) is 12.7. The first kappa shape index (κ1) is 17.2. The number of hydrogen-bond acceptors (Lipinski definition) is 2. The van der Waals surface area contributed by atoms with Gasteiger partial charge in [-0.05, 0) is 57.2 Å². The van der Waals surface area contributed by atoms with E-state index in [9.17, 15) is 0 Å². The molecule has 0 heterocycles. The number of hydrogen-bond donors (Lipinski definition) is 1. The third-order valence-electron chi connectivity index (χ3n) is 3.56. The molecule has 2 heteroatoms. The normalized spacial score (nSPS) is 13.2. The summed E-state index contributed by atoms with van der Waals surface area (Å²) < 4.78 is 5.72. The van der Waals surface area contributed by atoms with Crippen LogP contribution in [-0.2, 0) is 11.2 Å². The lowest BCUT2D eigenvalue weighted by atomic mass is 9.93. The Kier molecular flexibility index (Phi) is 7.86. The van der Waals surface area contributed by atoms with Crippen LogP contribution in [0, 0.1) is 12.8 Å². The highest BCUT2D eigenvalue weighted by molar-refractivity contribution is 5.25. The standard InChI is InChI=1S/C18H31NO/c1-14(2)19-13-17(10-11-20-15(3)4)12-18-9-7-6-8-16(18)5/h6-9,14-15,17,19H,10-13H2,1-5H3. The van der Waals surface area contributed by atoms with Crippen molar-refractivity contribution in [1.82, 2.24) is 5.32 Å². The fraction of sp³-hybridized carbons (Fsp3) is 0.667. The van der Waals surface area contributed by atoms with Crippen molar-refractivity contribution in [1.29, 1.82) is 0 Å². The van der Waals surface area contributed by atoms with Gasteiger partial charge in [0.25, 0.3) is 0 Å². The molecule has 2 nitrogen and oxygen atoms in total. The molecule has 0 saturated heterocycles. The van der Waals surface area contributed by atoms with Crippen molar-refractivity contribution in [2.45, 2.75) is 59.6 Å². The number of ether oxygens (including phenoxy) is 1. The van der Waals surface area contributed by atoms with Gasteiger partial charge >= 0.3 is 0 Å². The molecule has 20 heavy (non-hydrogen) atoms. The molecular weight excluding hydrogens is 246 g/mol. The second kappa shape index (κ2) is 9.15. The fourth-order valence-electron chi connectivity index (χ4n) is 2.30. The van der Waals surface area contributed by atoms with E-state index in [1.807, 2.05) is 0 Å². The van der Waals surface area contributed by atoms with Gasteiger partial charge in [-0.2, -0.15) is 0 Å². The van der Waals surface area contributed by atoms with Crippen molar-refractivity contribution in [3.63, 3.8) is 0 Å². The molecule has 0 saturated carbocycles. The van der Waals surface area contributed by atoms with Crippen LogP contribution in [0.1, 0.15) is 45.2 Å². The topological polar surface area (TPSA) is 21.3 Å². The molecule has 0 bridgehead atoms. The van der Waals surface area contributed by atoms with Crippen molar-refractivity contribution in [2.24, 2.45) is 5.92 Å². The zero-order valence-corrected chi connectivity index (χ0v) is 13.8. The van der Waals surface area contributed by atoms with E-state index >= 15 is 0 Å². The Morgan fingerprint density at radius 1 is 1.10 bits per heavy atom. The molecule has 0 aliphatic heterocycles. The number of nitrogens with one attached hydrogen (secondary N) is 1. The predicted octanol–water partition coefficient (Wildman–Crippen LogP) is 3.97. The van der Waals surface area contributed by atoms with Crippen LogP contribution in [0.4, 0.5) is 0 Å². The second-order valence-electron chi connectivity index (χ2n) is 6.27. The van der Waals surface area contributed by atoms with Crippen LogP contribution in [0.3, 0.4) is 0 Å². The average Bonchev–Trinajstić information content (AvgIpc) is 2.37. The highest BCUT2D eigenvalue weighted by atomic mass is 16.5. The van der Waals surface area contributed by atoms with Crippen LogP contribution in [0.25, 0.3) is 0 Å². The summed E-state index contributed by atoms with van der Waals surface area (Å²) in [4.78, 5) is 0. The monoisotopic (exact) mass is 277 g/mol. The molecule has 114 valence electrons. The minimum absolute atomic E-state index is 0.326. The Morgan fingerprint density at radius 3 is 2.40 bits per heavy atom. The summed E-state index contributed by atoms with van der Waals surface area (Å²) in [5, 5.41) is 3.57. The van der Waals surface area contributed by atoms with Crippen molar-refractivity contribution in [3.8, 4) is 0 Å². The molecule has 1 rings (SSSR count). The summed E-state index contributed by atoms with van der Waals surface area (Å²) in [6.07, 6.45) is 2.58. The van der Waals surface area contributed by atoms with Crippen LogP contribution in [0.15, 0.2) is 24.3 Å². The van der Waals surface area contributed by atoms with E-state index in [-0.39, 0.29) is 0 Å². The lowest BCUT2D eigenvalue weighted by Gasteiger charge is -2.21. The summed E-state index contributed by atoms with van der Waals surface area (Å²) in [6, 6.07) is 9.25. The van der Waals surface area contributed by atoms with Crippen LogP contribution >= 0.6 is 0 Å². The molecule has 1 aromatic carbocycles. The predicted molar refractivity (Wildman–Crippen MR) is 87.2 cm³/mol. The zero-order valence-electron chi connectivity index (χ0n) is 13.8. The Morgan fingerprint density at radius 2 is 1.80 bits per heavy atom. The summed E-state index contributed by atoms with van der Waals surface area (Å²) in [5.41, 5.74) is 2.86. The van der Waals surface area contributed by atoms with Gasteiger partial charge in [-0.15, -0.1) is 0 Å². The van der Waals surface area contributed by atoms with Gasteiger partial charge in [0, 0.05) is 12.6 Å². The first-order valence-electron chi connectivity index (χ1n) is 7.88. The van der Waals surface area contributed by atoms with Crippen LogP contribution in [0.5, 0.6) is 0 Å². The van der Waals surface area contributed by atoms with Gasteiger partial charge in [0.15, 0.2) is 0 Å². The Bertz CT molecular complexity index is 373. The Hall–Kier alpha value is -0.860. The minimum atomic E-state index is 0.326. The maximum Gasteiger partial charge on any atom is 0.0518 e. The largest absolute Gasteiger partial charge is 0.379 e. The van der Waals surface area contributed by atoms with E-state index < -0.39 is 0 Å². The van der Waals surface area contributed by atoms with Crippen molar-refractivity contribution < 1.29 is 4.74 Å². The fourth-order valence-corrected chi connectivity index (χ4v) is 2.30. The van der Waals surface area contributed by atoms with Crippen LogP contribution in [-0.4, -0.2) is 25.3 Å². The molecule has 0 fully saturated rings. The van der Waals surface area contributed by atoms with Crippen molar-refractivity contribution in [3.05, 3.63) is 35.4 Å². The molecule has 0 aromatic heterocycles. The van der Waals surface area contributed by atoms with E-state index in [1.165, 1.54) is 11.1 Å². The molecular formula is C18H31NO. The summed E-state index contributed by atoms with van der Waals surface area (Å²) in [7, 11) is 0. The molecule has 1 unspecified atom stereocenters. The smallest absolute Gasteiger partial charge is 0.0518 e. The summed E-state index contributed by atoms with van der Waals surface area (Å²) >= 11 is 0. The van der Waals surface area contributed by atoms with Gasteiger partial charge in [0.05, 0.1) is 6.10 Å². The van der Waals surface area contributed by atoms with Gasteiger partial charge in [0.2, 0.25) is 0 Å². The third kappa shape index (κ3) is 7.06. The van der Waals surface area contributed by atoms with Crippen molar-refractivity contribution >= 4 is 0 Å². The number of rotatable bonds is 9. The lowest BCUT2D eigenvalue weighted by Crippen LogP contribution is -2.30. The van der Waals surface area contributed by atoms with E-state index in [1.54, 1.807) is 0 Å². The van der Waals surface area contributed by atoms with Crippen molar-refractivity contribution in [2.75, 3.05) is 13.2 Å². The Balaban J connectivity index is 2.54. The van der Waals surface area contributed by atoms with Crippen LogP contribution in [0.2, 0.25) is 0 Å². The molecule has 0 aliphatic rings. The van der Waals surface area contributed by atoms with E-state index in [0.29, 0.717) is 18.1 Å². The number of benzene rings is 1. The molecule has 0 aliphatic carbocycles. The van der Waals surface area contributed by atoms with Crippen LogP contribution < -0.4 is 5.32 Å². The molecule has 1 atom stereocenters. The first-order valence-corrected chi connectivity index (χ1v) is 7.88. The molecule has 1 aromatic rings. The molecule has 0 amide bonds. The van der Waals surface area contributed by atoms with E-state index in [2.05, 4.69) is 64.2 Å². The zero-order chi connectivity index (χ0) is 15.0. The quantitative estimate of drug-likeness (QED) is 0.737. The van der Waals surface area contributed by atoms with Gasteiger partial charge in [-0.1, -0.05) is 38.1 Å². The maximum atomic E-state index is 5.72. The van der Waals surface area contributed by atoms with Gasteiger partial charge < -0.3 is 10.1 Å². The average molecular weight is 277 g/mol. The lowest BCUT2D eigenvalue weighted by molar-refractivity contribution is 0.0681. The summed E-state index contributed by atoms with van der Waals surface area (Å²) in [5.74, 6) is 0.636. The molecule has 0 radical (unpaired) electrons. The second-order valence-corrected chi connectivity index (χ2v) is 6.27. The van der Waals surface area contributed by atoms with Gasteiger partial charge in [-0.25, -0.2) is 0 Å². The molecule has 1 N–H and O–H groups in total. The van der Waals surface area contributed by atoms with Gasteiger partial charge in [0.1, 0.15) is 0 Å². The molecule has 0 spiro atoms. The number of aryl methyl sites for hydroxylation is 1. The SMILES string of the molecule is Cc1ccccc1CC(CCOC(C)C)CNC(C)C. The third-order valence-corrected chi connectivity index (χ3v) is 3.56. The first-order chi connectivity index (χ1) is 9.49. The van der Waals surface area contributed by atoms with E-state index in [0.717, 1.165) is 26.0 Å². The van der Waals surface area contributed by atoms with Gasteiger partial charge in [-0.3, -0.25) is 0 Å².